The third kappa shape index (κ3) is 3.51. The monoisotopic (exact) mass is 293 g/mol. The molecular weight excluding hydrogens is 278 g/mol. The smallest absolute Gasteiger partial charge is 0.224 e. The zero-order chi connectivity index (χ0) is 14.5. The Morgan fingerprint density at radius 2 is 2.30 bits per heavy atom. The zero-order valence-electron chi connectivity index (χ0n) is 11.4. The molecule has 0 spiro atoms. The van der Waals surface area contributed by atoms with E-state index in [4.69, 9.17) is 16.3 Å². The van der Waals surface area contributed by atoms with Crippen LogP contribution in [0.3, 0.4) is 0 Å². The Kier molecular flexibility index (Phi) is 4.63. The molecule has 6 heteroatoms. The van der Waals surface area contributed by atoms with Gasteiger partial charge in [-0.15, -0.1) is 0 Å². The number of aryl methyl sites for hydroxylation is 2. The van der Waals surface area contributed by atoms with Gasteiger partial charge in [0.25, 0.3) is 0 Å². The normalized spacial score (nSPS) is 10.3. The number of anilines is 1. The fourth-order valence-electron chi connectivity index (χ4n) is 1.89. The maximum atomic E-state index is 11.9. The number of nitrogens with one attached hydrogen (secondary N) is 1. The molecule has 1 amide bonds. The van der Waals surface area contributed by atoms with Gasteiger partial charge in [-0.05, 0) is 24.1 Å². The number of amides is 1. The molecule has 0 aliphatic heterocycles. The van der Waals surface area contributed by atoms with Crippen LogP contribution in [0.4, 0.5) is 5.69 Å². The first-order valence-corrected chi connectivity index (χ1v) is 6.58. The Bertz CT molecular complexity index is 610. The maximum Gasteiger partial charge on any atom is 0.224 e. The Labute approximate surface area is 122 Å². The molecule has 20 heavy (non-hydrogen) atoms. The number of carbonyl (C=O) groups excluding carboxylic acids is 1. The zero-order valence-corrected chi connectivity index (χ0v) is 12.1. The van der Waals surface area contributed by atoms with Crippen LogP contribution >= 0.6 is 11.6 Å². The summed E-state index contributed by atoms with van der Waals surface area (Å²) in [7, 11) is 3.37. The highest BCUT2D eigenvalue weighted by atomic mass is 35.5. The lowest BCUT2D eigenvalue weighted by Crippen LogP contribution is -2.13. The highest BCUT2D eigenvalue weighted by Crippen LogP contribution is 2.32. The summed E-state index contributed by atoms with van der Waals surface area (Å²) < 4.78 is 6.90. The topological polar surface area (TPSA) is 56.1 Å². The minimum absolute atomic E-state index is 0.0885. The van der Waals surface area contributed by atoms with Gasteiger partial charge in [0, 0.05) is 19.7 Å². The van der Waals surface area contributed by atoms with Crippen LogP contribution in [0.15, 0.2) is 30.6 Å². The van der Waals surface area contributed by atoms with Crippen LogP contribution in [0.2, 0.25) is 5.02 Å². The molecule has 0 atom stereocenters. The summed E-state index contributed by atoms with van der Waals surface area (Å²) in [6.45, 7) is 0. The summed E-state index contributed by atoms with van der Waals surface area (Å²) >= 11 is 6.00. The van der Waals surface area contributed by atoms with E-state index in [1.807, 2.05) is 13.2 Å². The fourth-order valence-corrected chi connectivity index (χ4v) is 2.14. The molecule has 2 aromatic rings. The van der Waals surface area contributed by atoms with Gasteiger partial charge in [-0.3, -0.25) is 9.48 Å². The van der Waals surface area contributed by atoms with Gasteiger partial charge in [0.1, 0.15) is 0 Å². The van der Waals surface area contributed by atoms with Gasteiger partial charge >= 0.3 is 0 Å². The first kappa shape index (κ1) is 14.4. The lowest BCUT2D eigenvalue weighted by molar-refractivity contribution is -0.116. The number of hydrogen-bond donors (Lipinski definition) is 1. The Morgan fingerprint density at radius 3 is 2.95 bits per heavy atom. The molecule has 1 heterocycles. The van der Waals surface area contributed by atoms with Gasteiger partial charge in [0.2, 0.25) is 5.91 Å². The van der Waals surface area contributed by atoms with Gasteiger partial charge in [-0.2, -0.15) is 5.10 Å². The van der Waals surface area contributed by atoms with E-state index >= 15 is 0 Å². The molecule has 0 radical (unpaired) electrons. The van der Waals surface area contributed by atoms with E-state index in [-0.39, 0.29) is 5.91 Å². The number of hydrogen-bond acceptors (Lipinski definition) is 3. The molecule has 0 saturated carbocycles. The van der Waals surface area contributed by atoms with E-state index in [1.54, 1.807) is 29.1 Å². The standard InChI is InChI=1S/C14H16ClN3O2/c1-18-9-10(8-16-18)6-7-13(19)17-12-5-3-4-11(15)14(12)20-2/h3-5,8-9H,6-7H2,1-2H3,(H,17,19). The summed E-state index contributed by atoms with van der Waals surface area (Å²) in [6, 6.07) is 5.24. The van der Waals surface area contributed by atoms with Crippen molar-refractivity contribution >= 4 is 23.2 Å². The molecule has 1 N–H and O–H groups in total. The summed E-state index contributed by atoms with van der Waals surface area (Å²) in [6.07, 6.45) is 4.67. The Balaban J connectivity index is 1.96. The number of halogens is 1. The van der Waals surface area contributed by atoms with Crippen LogP contribution in [-0.2, 0) is 18.3 Å². The fraction of sp³-hybridized carbons (Fsp3) is 0.286. The van der Waals surface area contributed by atoms with Crippen molar-refractivity contribution in [2.45, 2.75) is 12.8 Å². The maximum absolute atomic E-state index is 11.9. The SMILES string of the molecule is COc1c(Cl)cccc1NC(=O)CCc1cnn(C)c1. The first-order valence-electron chi connectivity index (χ1n) is 6.20. The lowest BCUT2D eigenvalue weighted by Gasteiger charge is -2.11. The van der Waals surface area contributed by atoms with Crippen molar-refractivity contribution in [1.82, 2.24) is 9.78 Å². The van der Waals surface area contributed by atoms with Gasteiger partial charge in [-0.25, -0.2) is 0 Å². The second kappa shape index (κ2) is 6.43. The highest BCUT2D eigenvalue weighted by Gasteiger charge is 2.10. The molecule has 0 aliphatic carbocycles. The van der Waals surface area contributed by atoms with Crippen molar-refractivity contribution in [2.24, 2.45) is 7.05 Å². The van der Waals surface area contributed by atoms with Crippen molar-refractivity contribution in [3.63, 3.8) is 0 Å². The van der Waals surface area contributed by atoms with Crippen LogP contribution in [0.1, 0.15) is 12.0 Å². The third-order valence-corrected chi connectivity index (χ3v) is 3.14. The van der Waals surface area contributed by atoms with Crippen LogP contribution in [0, 0.1) is 0 Å². The number of aromatic nitrogens is 2. The lowest BCUT2D eigenvalue weighted by atomic mass is 10.2. The number of rotatable bonds is 5. The summed E-state index contributed by atoms with van der Waals surface area (Å²) in [5, 5.41) is 7.34. The Morgan fingerprint density at radius 1 is 1.50 bits per heavy atom. The van der Waals surface area contributed by atoms with Crippen molar-refractivity contribution < 1.29 is 9.53 Å². The van der Waals surface area contributed by atoms with E-state index in [0.717, 1.165) is 5.56 Å². The second-order valence-corrected chi connectivity index (χ2v) is 4.80. The number of benzene rings is 1. The predicted octanol–water partition coefficient (Wildman–Crippen LogP) is 2.65. The summed E-state index contributed by atoms with van der Waals surface area (Å²) in [5.41, 5.74) is 1.61. The average Bonchev–Trinajstić information content (AvgIpc) is 2.83. The van der Waals surface area contributed by atoms with Crippen LogP contribution < -0.4 is 10.1 Å². The third-order valence-electron chi connectivity index (χ3n) is 2.84. The second-order valence-electron chi connectivity index (χ2n) is 4.39. The summed E-state index contributed by atoms with van der Waals surface area (Å²) in [4.78, 5) is 11.9. The van der Waals surface area contributed by atoms with Gasteiger partial charge in [-0.1, -0.05) is 17.7 Å². The van der Waals surface area contributed by atoms with Gasteiger partial charge < -0.3 is 10.1 Å². The minimum atomic E-state index is -0.0885. The highest BCUT2D eigenvalue weighted by molar-refractivity contribution is 6.32. The van der Waals surface area contributed by atoms with Crippen LogP contribution in [0.25, 0.3) is 0 Å². The number of carbonyl (C=O) groups is 1. The molecule has 2 rings (SSSR count). The number of para-hydroxylation sites is 1. The van der Waals surface area contributed by atoms with E-state index in [0.29, 0.717) is 29.3 Å². The van der Waals surface area contributed by atoms with Gasteiger partial charge in [0.15, 0.2) is 5.75 Å². The molecule has 5 nitrogen and oxygen atoms in total. The molecule has 106 valence electrons. The van der Waals surface area contributed by atoms with Crippen molar-refractivity contribution in [3.05, 3.63) is 41.2 Å². The Hall–Kier alpha value is -2.01. The van der Waals surface area contributed by atoms with Gasteiger partial charge in [0.05, 0.1) is 24.0 Å². The molecule has 1 aromatic heterocycles. The largest absolute Gasteiger partial charge is 0.493 e. The molecule has 0 unspecified atom stereocenters. The average molecular weight is 294 g/mol. The number of ether oxygens (including phenoxy) is 1. The van der Waals surface area contributed by atoms with E-state index in [9.17, 15) is 4.79 Å². The van der Waals surface area contributed by atoms with E-state index in [1.165, 1.54) is 7.11 Å². The number of methoxy groups -OCH3 is 1. The van der Waals surface area contributed by atoms with E-state index < -0.39 is 0 Å². The van der Waals surface area contributed by atoms with E-state index in [2.05, 4.69) is 10.4 Å². The van der Waals surface area contributed by atoms with Crippen LogP contribution in [0.5, 0.6) is 5.75 Å². The molecular formula is C14H16ClN3O2. The summed E-state index contributed by atoms with van der Waals surface area (Å²) in [5.74, 6) is 0.387. The predicted molar refractivity (Wildman–Crippen MR) is 78.2 cm³/mol. The van der Waals surface area contributed by atoms with Crippen molar-refractivity contribution in [1.29, 1.82) is 0 Å². The van der Waals surface area contributed by atoms with Crippen molar-refractivity contribution in [3.8, 4) is 5.75 Å². The molecule has 1 aromatic carbocycles. The number of nitrogens with zero attached hydrogens (tertiary/aromatic N) is 2. The molecule has 0 saturated heterocycles. The first-order chi connectivity index (χ1) is 9.60. The van der Waals surface area contributed by atoms with Crippen molar-refractivity contribution in [2.75, 3.05) is 12.4 Å². The molecule has 0 bridgehead atoms. The van der Waals surface area contributed by atoms with Crippen LogP contribution in [-0.4, -0.2) is 22.8 Å². The minimum Gasteiger partial charge on any atom is -0.493 e. The molecule has 0 aliphatic rings. The molecule has 0 fully saturated rings. The quantitative estimate of drug-likeness (QED) is 0.922.